The van der Waals surface area contributed by atoms with Crippen LogP contribution in [-0.4, -0.2) is 51.5 Å². The van der Waals surface area contributed by atoms with Crippen LogP contribution in [0.5, 0.6) is 11.5 Å². The molecule has 2 aliphatic heterocycles. The number of nitrogens with one attached hydrogen (secondary N) is 1. The molecular weight excluding hydrogens is 452 g/mol. The van der Waals surface area contributed by atoms with Gasteiger partial charge in [-0.2, -0.15) is 4.31 Å². The summed E-state index contributed by atoms with van der Waals surface area (Å²) in [5.74, 6) is 1.27. The molecular formula is C23H27ClN2O5S. The Balaban J connectivity index is 1.35. The molecule has 1 fully saturated rings. The average molecular weight is 479 g/mol. The van der Waals surface area contributed by atoms with Crippen molar-refractivity contribution in [3.05, 3.63) is 52.5 Å². The van der Waals surface area contributed by atoms with Gasteiger partial charge in [-0.05, 0) is 67.1 Å². The van der Waals surface area contributed by atoms with Crippen molar-refractivity contribution in [1.82, 2.24) is 9.62 Å². The average Bonchev–Trinajstić information content (AvgIpc) is 2.79. The maximum absolute atomic E-state index is 12.9. The Hall–Kier alpha value is -2.29. The number of benzene rings is 2. The summed E-state index contributed by atoms with van der Waals surface area (Å²) in [5.41, 5.74) is 1.34. The number of hydrogen-bond donors (Lipinski definition) is 1. The topological polar surface area (TPSA) is 84.9 Å². The van der Waals surface area contributed by atoms with Crippen molar-refractivity contribution in [3.8, 4) is 11.5 Å². The molecule has 172 valence electrons. The molecule has 2 heterocycles. The van der Waals surface area contributed by atoms with E-state index >= 15 is 0 Å². The normalized spacial score (nSPS) is 18.9. The Kier molecular flexibility index (Phi) is 6.93. The maximum Gasteiger partial charge on any atom is 0.251 e. The summed E-state index contributed by atoms with van der Waals surface area (Å²) in [7, 11) is -3.54. The molecule has 1 amide bonds. The van der Waals surface area contributed by atoms with Gasteiger partial charge in [0.25, 0.3) is 5.91 Å². The zero-order valence-corrected chi connectivity index (χ0v) is 19.5. The van der Waals surface area contributed by atoms with Crippen molar-refractivity contribution in [3.63, 3.8) is 0 Å². The zero-order valence-electron chi connectivity index (χ0n) is 18.0. The SMILES string of the molecule is C[C@H]1CCCN(S(=O)(=O)c2ccc(C(=O)NCCc3cc(Cl)c4c(c3)OCCO4)cc2)C1. The van der Waals surface area contributed by atoms with Crippen LogP contribution in [0, 0.1) is 5.92 Å². The predicted octanol–water partition coefficient (Wildman–Crippen LogP) is 3.50. The highest BCUT2D eigenvalue weighted by molar-refractivity contribution is 7.89. The fourth-order valence-electron chi connectivity index (χ4n) is 4.02. The van der Waals surface area contributed by atoms with Gasteiger partial charge in [-0.3, -0.25) is 4.79 Å². The lowest BCUT2D eigenvalue weighted by Crippen LogP contribution is -2.39. The van der Waals surface area contributed by atoms with E-state index in [0.29, 0.717) is 67.3 Å². The molecule has 0 saturated carbocycles. The van der Waals surface area contributed by atoms with Crippen molar-refractivity contribution in [2.24, 2.45) is 5.92 Å². The first kappa shape index (κ1) is 22.9. The number of fused-ring (bicyclic) bond motifs is 1. The summed E-state index contributed by atoms with van der Waals surface area (Å²) in [4.78, 5) is 12.7. The monoisotopic (exact) mass is 478 g/mol. The molecule has 0 aliphatic carbocycles. The van der Waals surface area contributed by atoms with Gasteiger partial charge in [0, 0.05) is 25.2 Å². The van der Waals surface area contributed by atoms with Gasteiger partial charge in [-0.25, -0.2) is 8.42 Å². The summed E-state index contributed by atoms with van der Waals surface area (Å²) < 4.78 is 38.4. The van der Waals surface area contributed by atoms with E-state index in [1.165, 1.54) is 16.4 Å². The van der Waals surface area contributed by atoms with Crippen molar-refractivity contribution in [2.75, 3.05) is 32.8 Å². The number of piperidine rings is 1. The zero-order chi connectivity index (χ0) is 22.7. The van der Waals surface area contributed by atoms with Gasteiger partial charge in [0.1, 0.15) is 13.2 Å². The highest BCUT2D eigenvalue weighted by Crippen LogP contribution is 2.38. The van der Waals surface area contributed by atoms with Crippen molar-refractivity contribution in [2.45, 2.75) is 31.1 Å². The Morgan fingerprint density at radius 2 is 1.94 bits per heavy atom. The van der Waals surface area contributed by atoms with Crippen LogP contribution >= 0.6 is 11.6 Å². The molecule has 2 aromatic rings. The number of ether oxygens (including phenoxy) is 2. The smallest absolute Gasteiger partial charge is 0.251 e. The van der Waals surface area contributed by atoms with E-state index in [1.54, 1.807) is 12.1 Å². The number of carbonyl (C=O) groups is 1. The summed E-state index contributed by atoms with van der Waals surface area (Å²) in [6.45, 7) is 4.49. The third-order valence-electron chi connectivity index (χ3n) is 5.73. The number of halogens is 1. The number of hydrogen-bond acceptors (Lipinski definition) is 5. The molecule has 2 aromatic carbocycles. The first-order chi connectivity index (χ1) is 15.3. The third-order valence-corrected chi connectivity index (χ3v) is 7.89. The summed E-state index contributed by atoms with van der Waals surface area (Å²) in [6.07, 6.45) is 2.49. The minimum atomic E-state index is -3.54. The van der Waals surface area contributed by atoms with Gasteiger partial charge < -0.3 is 14.8 Å². The van der Waals surface area contributed by atoms with Gasteiger partial charge in [-0.15, -0.1) is 0 Å². The lowest BCUT2D eigenvalue weighted by Gasteiger charge is -2.30. The van der Waals surface area contributed by atoms with Crippen LogP contribution in [0.4, 0.5) is 0 Å². The molecule has 1 atom stereocenters. The molecule has 0 bridgehead atoms. The van der Waals surface area contributed by atoms with E-state index in [0.717, 1.165) is 18.4 Å². The van der Waals surface area contributed by atoms with E-state index in [2.05, 4.69) is 12.2 Å². The quantitative estimate of drug-likeness (QED) is 0.686. The van der Waals surface area contributed by atoms with Crippen LogP contribution in [0.1, 0.15) is 35.7 Å². The lowest BCUT2D eigenvalue weighted by atomic mass is 10.0. The van der Waals surface area contributed by atoms with Crippen molar-refractivity contribution >= 4 is 27.5 Å². The minimum absolute atomic E-state index is 0.217. The second kappa shape index (κ2) is 9.68. The van der Waals surface area contributed by atoms with Crippen molar-refractivity contribution in [1.29, 1.82) is 0 Å². The Labute approximate surface area is 193 Å². The first-order valence-electron chi connectivity index (χ1n) is 10.8. The molecule has 7 nitrogen and oxygen atoms in total. The van der Waals surface area contributed by atoms with Gasteiger partial charge in [0.05, 0.1) is 9.92 Å². The summed E-state index contributed by atoms with van der Waals surface area (Å²) >= 11 is 6.26. The number of sulfonamides is 1. The number of amides is 1. The molecule has 0 radical (unpaired) electrons. The van der Waals surface area contributed by atoms with E-state index in [-0.39, 0.29) is 10.8 Å². The number of carbonyl (C=O) groups excluding carboxylic acids is 1. The van der Waals surface area contributed by atoms with E-state index in [1.807, 2.05) is 12.1 Å². The van der Waals surface area contributed by atoms with Gasteiger partial charge >= 0.3 is 0 Å². The highest BCUT2D eigenvalue weighted by Gasteiger charge is 2.28. The van der Waals surface area contributed by atoms with Crippen molar-refractivity contribution < 1.29 is 22.7 Å². The fourth-order valence-corrected chi connectivity index (χ4v) is 5.91. The molecule has 2 aliphatic rings. The lowest BCUT2D eigenvalue weighted by molar-refractivity contribution is 0.0954. The van der Waals surface area contributed by atoms with E-state index in [4.69, 9.17) is 21.1 Å². The van der Waals surface area contributed by atoms with Crippen LogP contribution < -0.4 is 14.8 Å². The van der Waals surface area contributed by atoms with Crippen LogP contribution in [0.15, 0.2) is 41.3 Å². The highest BCUT2D eigenvalue weighted by atomic mass is 35.5. The standard InChI is InChI=1S/C23H27ClN2O5S/c1-16-3-2-10-26(15-16)32(28,29)19-6-4-18(5-7-19)23(27)25-9-8-17-13-20(24)22-21(14-17)30-11-12-31-22/h4-7,13-14,16H,2-3,8-12,15H2,1H3,(H,25,27)/t16-/m0/s1. The van der Waals surface area contributed by atoms with Crippen LogP contribution in [0.25, 0.3) is 0 Å². The first-order valence-corrected chi connectivity index (χ1v) is 12.6. The molecule has 4 rings (SSSR count). The second-order valence-corrected chi connectivity index (χ2v) is 10.6. The van der Waals surface area contributed by atoms with E-state index in [9.17, 15) is 13.2 Å². The fraction of sp³-hybridized carbons (Fsp3) is 0.435. The molecule has 0 aromatic heterocycles. The van der Waals surface area contributed by atoms with Gasteiger partial charge in [0.15, 0.2) is 11.5 Å². The van der Waals surface area contributed by atoms with Crippen LogP contribution in [0.2, 0.25) is 5.02 Å². The Morgan fingerprint density at radius 3 is 2.69 bits per heavy atom. The largest absolute Gasteiger partial charge is 0.486 e. The third kappa shape index (κ3) is 5.03. The summed E-state index contributed by atoms with van der Waals surface area (Å²) in [6, 6.07) is 9.79. The predicted molar refractivity (Wildman–Crippen MR) is 122 cm³/mol. The number of nitrogens with zero attached hydrogens (tertiary/aromatic N) is 1. The molecule has 0 spiro atoms. The Bertz CT molecular complexity index is 1090. The number of rotatable bonds is 6. The van der Waals surface area contributed by atoms with E-state index < -0.39 is 10.0 Å². The van der Waals surface area contributed by atoms with Gasteiger partial charge in [-0.1, -0.05) is 18.5 Å². The molecule has 9 heteroatoms. The Morgan fingerprint density at radius 1 is 1.19 bits per heavy atom. The molecule has 0 unspecified atom stereocenters. The molecule has 1 saturated heterocycles. The van der Waals surface area contributed by atoms with Crippen LogP contribution in [0.3, 0.4) is 0 Å². The minimum Gasteiger partial charge on any atom is -0.486 e. The molecule has 1 N–H and O–H groups in total. The van der Waals surface area contributed by atoms with Crippen LogP contribution in [-0.2, 0) is 16.4 Å². The maximum atomic E-state index is 12.9. The summed E-state index contributed by atoms with van der Waals surface area (Å²) in [5, 5.41) is 3.35. The molecule has 32 heavy (non-hydrogen) atoms. The van der Waals surface area contributed by atoms with Gasteiger partial charge in [0.2, 0.25) is 10.0 Å². The second-order valence-electron chi connectivity index (χ2n) is 8.24.